The van der Waals surface area contributed by atoms with E-state index in [1.165, 1.54) is 13.0 Å². The van der Waals surface area contributed by atoms with E-state index in [9.17, 15) is 13.6 Å². The van der Waals surface area contributed by atoms with Crippen LogP contribution in [0.4, 0.5) is 11.4 Å². The lowest BCUT2D eigenvalue weighted by atomic mass is 10.1. The molecule has 2 aromatic rings. The van der Waals surface area contributed by atoms with Gasteiger partial charge in [0, 0.05) is 23.4 Å². The van der Waals surface area contributed by atoms with Gasteiger partial charge in [0.1, 0.15) is 5.75 Å². The number of unbranched alkanes of at least 4 members (excludes halogenated alkanes) is 1. The minimum atomic E-state index is -2.54. The van der Waals surface area contributed by atoms with Gasteiger partial charge < -0.3 is 19.3 Å². The molecular formula is C18H21N2O4S-. The van der Waals surface area contributed by atoms with E-state index in [1.54, 1.807) is 18.2 Å². The first-order chi connectivity index (χ1) is 12.0. The van der Waals surface area contributed by atoms with E-state index >= 15 is 0 Å². The Morgan fingerprint density at radius 1 is 1.20 bits per heavy atom. The van der Waals surface area contributed by atoms with Crippen LogP contribution in [0.5, 0.6) is 11.5 Å². The van der Waals surface area contributed by atoms with E-state index in [1.807, 2.05) is 18.2 Å². The molecule has 0 heterocycles. The molecule has 0 fully saturated rings. The van der Waals surface area contributed by atoms with Gasteiger partial charge in [-0.05, 0) is 37.6 Å². The zero-order valence-corrected chi connectivity index (χ0v) is 15.0. The molecule has 1 unspecified atom stereocenters. The normalized spacial score (nSPS) is 11.6. The molecule has 0 saturated heterocycles. The van der Waals surface area contributed by atoms with Gasteiger partial charge in [-0.15, -0.1) is 0 Å². The molecule has 25 heavy (non-hydrogen) atoms. The standard InChI is InChI=1S/C18H22N2O4S/c1-3-4-10-19-16-11-14(13(2)21)12-17(20-25(22)23)18(16)24-15-8-6-5-7-9-15/h5-9,11-12,19-20H,3-4,10H2,1-2H3,(H,22,23)/p-1. The largest absolute Gasteiger partial charge is 0.755 e. The van der Waals surface area contributed by atoms with Crippen molar-refractivity contribution in [3.05, 3.63) is 48.0 Å². The fraction of sp³-hybridized carbons (Fsp3) is 0.278. The first-order valence-electron chi connectivity index (χ1n) is 8.03. The fourth-order valence-corrected chi connectivity index (χ4v) is 2.58. The summed E-state index contributed by atoms with van der Waals surface area (Å²) in [7, 11) is 0. The minimum absolute atomic E-state index is 0.162. The van der Waals surface area contributed by atoms with E-state index < -0.39 is 11.3 Å². The Morgan fingerprint density at radius 3 is 2.48 bits per heavy atom. The average Bonchev–Trinajstić information content (AvgIpc) is 2.57. The number of Topliss-reactive ketones (excluding diaryl/α,β-unsaturated/α-hetero) is 1. The van der Waals surface area contributed by atoms with Crippen LogP contribution in [0.2, 0.25) is 0 Å². The first-order valence-corrected chi connectivity index (χ1v) is 9.10. The van der Waals surface area contributed by atoms with Crippen LogP contribution in [0.3, 0.4) is 0 Å². The third-order valence-corrected chi connectivity index (χ3v) is 3.88. The molecule has 6 nitrogen and oxygen atoms in total. The van der Waals surface area contributed by atoms with Crippen molar-refractivity contribution in [1.29, 1.82) is 0 Å². The van der Waals surface area contributed by atoms with Crippen LogP contribution < -0.4 is 14.8 Å². The molecule has 134 valence electrons. The SMILES string of the molecule is CCCCNc1cc(C(C)=O)cc(NS(=O)[O-])c1Oc1ccccc1. The number of para-hydroxylation sites is 1. The van der Waals surface area contributed by atoms with Gasteiger partial charge in [-0.1, -0.05) is 31.5 Å². The Morgan fingerprint density at radius 2 is 1.88 bits per heavy atom. The smallest absolute Gasteiger partial charge is 0.174 e. The maximum atomic E-state index is 11.8. The van der Waals surface area contributed by atoms with Crippen molar-refractivity contribution in [2.75, 3.05) is 16.6 Å². The van der Waals surface area contributed by atoms with Gasteiger partial charge in [0.05, 0.1) is 11.4 Å². The average molecular weight is 361 g/mol. The van der Waals surface area contributed by atoms with Gasteiger partial charge in [0.2, 0.25) is 0 Å². The molecule has 0 aliphatic rings. The maximum absolute atomic E-state index is 11.8. The second-order valence-electron chi connectivity index (χ2n) is 5.49. The second-order valence-corrected chi connectivity index (χ2v) is 6.16. The number of rotatable bonds is 9. The van der Waals surface area contributed by atoms with Crippen molar-refractivity contribution < 1.29 is 18.3 Å². The van der Waals surface area contributed by atoms with E-state index in [0.717, 1.165) is 12.8 Å². The molecule has 0 spiro atoms. The van der Waals surface area contributed by atoms with Crippen molar-refractivity contribution in [3.63, 3.8) is 0 Å². The highest BCUT2D eigenvalue weighted by Crippen LogP contribution is 2.38. The predicted octanol–water partition coefficient (Wildman–Crippen LogP) is 4.10. The molecule has 2 N–H and O–H groups in total. The molecule has 0 radical (unpaired) electrons. The number of anilines is 2. The third kappa shape index (κ3) is 5.58. The summed E-state index contributed by atoms with van der Waals surface area (Å²) in [5.41, 5.74) is 1.18. The summed E-state index contributed by atoms with van der Waals surface area (Å²) in [5, 5.41) is 3.23. The zero-order valence-electron chi connectivity index (χ0n) is 14.2. The second kappa shape index (κ2) is 9.19. The lowest BCUT2D eigenvalue weighted by molar-refractivity contribution is 0.101. The quantitative estimate of drug-likeness (QED) is 0.399. The Bertz CT molecular complexity index is 750. The number of ketones is 1. The summed E-state index contributed by atoms with van der Waals surface area (Å²) in [5.74, 6) is 0.734. The van der Waals surface area contributed by atoms with Gasteiger partial charge in [0.15, 0.2) is 11.5 Å². The fourth-order valence-electron chi connectivity index (χ4n) is 2.25. The number of benzene rings is 2. The van der Waals surface area contributed by atoms with Gasteiger partial charge >= 0.3 is 0 Å². The number of carbonyl (C=O) groups is 1. The first kappa shape index (κ1) is 19.0. The van der Waals surface area contributed by atoms with Crippen LogP contribution in [0, 0.1) is 0 Å². The molecule has 0 saturated carbocycles. The van der Waals surface area contributed by atoms with Crippen molar-refractivity contribution in [2.45, 2.75) is 26.7 Å². The van der Waals surface area contributed by atoms with E-state index in [2.05, 4.69) is 17.0 Å². The molecule has 0 amide bonds. The van der Waals surface area contributed by atoms with Crippen LogP contribution >= 0.6 is 0 Å². The molecule has 2 aromatic carbocycles. The summed E-state index contributed by atoms with van der Waals surface area (Å²) in [6, 6.07) is 12.2. The Labute approximate surface area is 150 Å². The van der Waals surface area contributed by atoms with Crippen molar-refractivity contribution in [3.8, 4) is 11.5 Å². The molecule has 0 aliphatic carbocycles. The molecule has 7 heteroatoms. The molecule has 0 aromatic heterocycles. The molecule has 0 bridgehead atoms. The predicted molar refractivity (Wildman–Crippen MR) is 98.9 cm³/mol. The van der Waals surface area contributed by atoms with Gasteiger partial charge in [-0.3, -0.25) is 9.00 Å². The lowest BCUT2D eigenvalue weighted by Crippen LogP contribution is -2.09. The van der Waals surface area contributed by atoms with Crippen LogP contribution in [0.25, 0.3) is 0 Å². The van der Waals surface area contributed by atoms with Crippen molar-refractivity contribution in [2.24, 2.45) is 0 Å². The van der Waals surface area contributed by atoms with Crippen molar-refractivity contribution >= 4 is 28.4 Å². The monoisotopic (exact) mass is 361 g/mol. The van der Waals surface area contributed by atoms with Crippen molar-refractivity contribution in [1.82, 2.24) is 0 Å². The summed E-state index contributed by atoms with van der Waals surface area (Å²) < 4.78 is 30.5. The number of nitrogens with one attached hydrogen (secondary N) is 2. The van der Waals surface area contributed by atoms with Gasteiger partial charge in [0.25, 0.3) is 0 Å². The third-order valence-electron chi connectivity index (χ3n) is 3.50. The highest BCUT2D eigenvalue weighted by Gasteiger charge is 2.15. The minimum Gasteiger partial charge on any atom is -0.755 e. The van der Waals surface area contributed by atoms with E-state index in [-0.39, 0.29) is 11.5 Å². The molecular weight excluding hydrogens is 340 g/mol. The van der Waals surface area contributed by atoms with Crippen LogP contribution in [0.1, 0.15) is 37.0 Å². The summed E-state index contributed by atoms with van der Waals surface area (Å²) >= 11 is -2.54. The summed E-state index contributed by atoms with van der Waals surface area (Å²) in [4.78, 5) is 11.8. The Hall–Kier alpha value is -2.38. The lowest BCUT2D eigenvalue weighted by Gasteiger charge is -2.20. The van der Waals surface area contributed by atoms with Crippen LogP contribution in [-0.2, 0) is 11.3 Å². The number of ether oxygens (including phenoxy) is 1. The highest BCUT2D eigenvalue weighted by atomic mass is 32.2. The summed E-state index contributed by atoms with van der Waals surface area (Å²) in [6.07, 6.45) is 1.94. The number of carbonyl (C=O) groups excluding carboxylic acids is 1. The van der Waals surface area contributed by atoms with Crippen LogP contribution in [-0.4, -0.2) is 21.1 Å². The Kier molecular flexibility index (Phi) is 6.97. The molecule has 1 atom stereocenters. The van der Waals surface area contributed by atoms with E-state index in [0.29, 0.717) is 29.3 Å². The highest BCUT2D eigenvalue weighted by molar-refractivity contribution is 7.80. The van der Waals surface area contributed by atoms with Gasteiger partial charge in [-0.2, -0.15) is 0 Å². The summed E-state index contributed by atoms with van der Waals surface area (Å²) in [6.45, 7) is 4.19. The molecule has 0 aliphatic heterocycles. The number of hydrogen-bond acceptors (Lipinski definition) is 5. The molecule has 2 rings (SSSR count). The number of hydrogen-bond donors (Lipinski definition) is 2. The maximum Gasteiger partial charge on any atom is 0.174 e. The van der Waals surface area contributed by atoms with Crippen LogP contribution in [0.15, 0.2) is 42.5 Å². The Balaban J connectivity index is 2.48. The van der Waals surface area contributed by atoms with E-state index in [4.69, 9.17) is 4.74 Å². The van der Waals surface area contributed by atoms with Gasteiger partial charge in [-0.25, -0.2) is 0 Å². The topological polar surface area (TPSA) is 90.5 Å². The zero-order chi connectivity index (χ0) is 18.2.